The summed E-state index contributed by atoms with van der Waals surface area (Å²) >= 11 is 0. The minimum atomic E-state index is 0.278. The highest BCUT2D eigenvalue weighted by molar-refractivity contribution is 5.79. The Balaban J connectivity index is 1.65. The Morgan fingerprint density at radius 1 is 1.35 bits per heavy atom. The first-order valence-corrected chi connectivity index (χ1v) is 9.72. The highest BCUT2D eigenvalue weighted by Gasteiger charge is 2.18. The minimum Gasteiger partial charge on any atom is -0.357 e. The van der Waals surface area contributed by atoms with E-state index in [0.717, 1.165) is 63.6 Å². The maximum absolute atomic E-state index is 11.6. The Labute approximate surface area is 155 Å². The summed E-state index contributed by atoms with van der Waals surface area (Å²) in [6, 6.07) is 0. The van der Waals surface area contributed by atoms with Crippen molar-refractivity contribution in [1.29, 1.82) is 0 Å². The Kier molecular flexibility index (Phi) is 8.37. The SMILES string of the molecule is CCNC(=NCCCN1CCCC1=O)NCCCc1nc(C(C)C)no1. The molecule has 146 valence electrons. The summed E-state index contributed by atoms with van der Waals surface area (Å²) in [5, 5.41) is 10.5. The van der Waals surface area contributed by atoms with Crippen LogP contribution in [0.15, 0.2) is 9.52 Å². The smallest absolute Gasteiger partial charge is 0.226 e. The lowest BCUT2D eigenvalue weighted by Gasteiger charge is -2.15. The fourth-order valence-electron chi connectivity index (χ4n) is 2.79. The van der Waals surface area contributed by atoms with Crippen LogP contribution >= 0.6 is 0 Å². The number of carbonyl (C=O) groups excluding carboxylic acids is 1. The van der Waals surface area contributed by atoms with Crippen molar-refractivity contribution in [3.63, 3.8) is 0 Å². The molecule has 2 heterocycles. The van der Waals surface area contributed by atoms with Gasteiger partial charge in [-0.1, -0.05) is 19.0 Å². The van der Waals surface area contributed by atoms with Gasteiger partial charge in [-0.05, 0) is 26.2 Å². The number of likely N-dealkylation sites (tertiary alicyclic amines) is 1. The largest absolute Gasteiger partial charge is 0.357 e. The number of hydrogen-bond donors (Lipinski definition) is 2. The Hall–Kier alpha value is -2.12. The molecule has 0 saturated carbocycles. The van der Waals surface area contributed by atoms with E-state index in [1.54, 1.807) is 0 Å². The number of carbonyl (C=O) groups is 1. The van der Waals surface area contributed by atoms with Gasteiger partial charge in [-0.25, -0.2) is 0 Å². The molecule has 1 saturated heterocycles. The van der Waals surface area contributed by atoms with Gasteiger partial charge in [0.25, 0.3) is 0 Å². The van der Waals surface area contributed by atoms with E-state index < -0.39 is 0 Å². The highest BCUT2D eigenvalue weighted by atomic mass is 16.5. The predicted octanol–water partition coefficient (Wildman–Crippen LogP) is 1.69. The molecule has 0 bridgehead atoms. The molecular weight excluding hydrogens is 332 g/mol. The van der Waals surface area contributed by atoms with Crippen LogP contribution in [0.4, 0.5) is 0 Å². The molecule has 8 heteroatoms. The second kappa shape index (κ2) is 10.8. The van der Waals surface area contributed by atoms with E-state index in [4.69, 9.17) is 4.52 Å². The second-order valence-electron chi connectivity index (χ2n) is 6.83. The predicted molar refractivity (Wildman–Crippen MR) is 101 cm³/mol. The van der Waals surface area contributed by atoms with Crippen LogP contribution in [0.1, 0.15) is 64.1 Å². The molecule has 1 fully saturated rings. The third-order valence-electron chi connectivity index (χ3n) is 4.23. The fraction of sp³-hybridized carbons (Fsp3) is 0.778. The molecule has 0 atom stereocenters. The van der Waals surface area contributed by atoms with Crippen LogP contribution in [0.5, 0.6) is 0 Å². The summed E-state index contributed by atoms with van der Waals surface area (Å²) in [4.78, 5) is 22.5. The average molecular weight is 364 g/mol. The zero-order valence-electron chi connectivity index (χ0n) is 16.3. The standard InChI is InChI=1S/C18H32N6O2/c1-4-19-18(21-11-7-13-24-12-6-9-16(24)25)20-10-5-8-15-22-17(14(2)3)23-26-15/h14H,4-13H2,1-3H3,(H2,19,20,21). The van der Waals surface area contributed by atoms with E-state index >= 15 is 0 Å². The molecule has 0 unspecified atom stereocenters. The lowest BCUT2D eigenvalue weighted by atomic mass is 10.2. The average Bonchev–Trinajstić information content (AvgIpc) is 3.24. The van der Waals surface area contributed by atoms with Crippen LogP contribution in [0.2, 0.25) is 0 Å². The van der Waals surface area contributed by atoms with Crippen LogP contribution < -0.4 is 10.6 Å². The van der Waals surface area contributed by atoms with Crippen molar-refractivity contribution in [3.8, 4) is 0 Å². The van der Waals surface area contributed by atoms with Crippen molar-refractivity contribution < 1.29 is 9.32 Å². The van der Waals surface area contributed by atoms with Gasteiger partial charge in [0, 0.05) is 51.5 Å². The van der Waals surface area contributed by atoms with Gasteiger partial charge in [0.05, 0.1) is 0 Å². The number of rotatable bonds is 10. The van der Waals surface area contributed by atoms with Crippen molar-refractivity contribution in [1.82, 2.24) is 25.7 Å². The fourth-order valence-corrected chi connectivity index (χ4v) is 2.79. The highest BCUT2D eigenvalue weighted by Crippen LogP contribution is 2.10. The van der Waals surface area contributed by atoms with Crippen LogP contribution in [0.3, 0.4) is 0 Å². The number of guanidine groups is 1. The van der Waals surface area contributed by atoms with Gasteiger partial charge in [0.15, 0.2) is 11.8 Å². The van der Waals surface area contributed by atoms with Gasteiger partial charge in [-0.3, -0.25) is 9.79 Å². The van der Waals surface area contributed by atoms with Crippen molar-refractivity contribution in [2.45, 2.75) is 58.8 Å². The number of nitrogens with one attached hydrogen (secondary N) is 2. The Morgan fingerprint density at radius 3 is 2.85 bits per heavy atom. The first-order valence-electron chi connectivity index (χ1n) is 9.72. The third-order valence-corrected chi connectivity index (χ3v) is 4.23. The van der Waals surface area contributed by atoms with E-state index in [9.17, 15) is 4.79 Å². The van der Waals surface area contributed by atoms with E-state index in [1.165, 1.54) is 0 Å². The Morgan fingerprint density at radius 2 is 2.19 bits per heavy atom. The van der Waals surface area contributed by atoms with Gasteiger partial charge in [0.2, 0.25) is 11.8 Å². The molecule has 8 nitrogen and oxygen atoms in total. The molecule has 2 N–H and O–H groups in total. The summed E-state index contributed by atoms with van der Waals surface area (Å²) in [5.74, 6) is 2.83. The van der Waals surface area contributed by atoms with Gasteiger partial charge >= 0.3 is 0 Å². The molecule has 1 aromatic rings. The first kappa shape index (κ1) is 20.2. The van der Waals surface area contributed by atoms with Crippen LogP contribution in [0, 0.1) is 0 Å². The number of aliphatic imine (C=N–C) groups is 1. The molecule has 1 aliphatic rings. The van der Waals surface area contributed by atoms with Crippen LogP contribution in [-0.2, 0) is 11.2 Å². The Bertz CT molecular complexity index is 584. The molecular formula is C18H32N6O2. The third kappa shape index (κ3) is 6.65. The van der Waals surface area contributed by atoms with Gasteiger partial charge < -0.3 is 20.1 Å². The van der Waals surface area contributed by atoms with Crippen molar-refractivity contribution >= 4 is 11.9 Å². The molecule has 0 radical (unpaired) electrons. The lowest BCUT2D eigenvalue weighted by molar-refractivity contribution is -0.127. The van der Waals surface area contributed by atoms with E-state index in [2.05, 4.69) is 39.6 Å². The van der Waals surface area contributed by atoms with Gasteiger partial charge in [-0.15, -0.1) is 0 Å². The summed E-state index contributed by atoms with van der Waals surface area (Å²) < 4.78 is 5.25. The van der Waals surface area contributed by atoms with E-state index in [-0.39, 0.29) is 11.8 Å². The van der Waals surface area contributed by atoms with Gasteiger partial charge in [-0.2, -0.15) is 4.98 Å². The number of hydrogen-bond acceptors (Lipinski definition) is 5. The summed E-state index contributed by atoms with van der Waals surface area (Å²) in [7, 11) is 0. The lowest BCUT2D eigenvalue weighted by Crippen LogP contribution is -2.38. The first-order chi connectivity index (χ1) is 12.6. The van der Waals surface area contributed by atoms with Crippen molar-refractivity contribution in [2.24, 2.45) is 4.99 Å². The maximum atomic E-state index is 11.6. The zero-order valence-corrected chi connectivity index (χ0v) is 16.3. The molecule has 0 aromatic carbocycles. The van der Waals surface area contributed by atoms with Crippen molar-refractivity contribution in [3.05, 3.63) is 11.7 Å². The maximum Gasteiger partial charge on any atom is 0.226 e. The van der Waals surface area contributed by atoms with Crippen LogP contribution in [0.25, 0.3) is 0 Å². The van der Waals surface area contributed by atoms with E-state index in [0.29, 0.717) is 18.9 Å². The number of aromatic nitrogens is 2. The molecule has 1 amide bonds. The monoisotopic (exact) mass is 364 g/mol. The summed E-state index contributed by atoms with van der Waals surface area (Å²) in [6.45, 7) is 10.2. The summed E-state index contributed by atoms with van der Waals surface area (Å²) in [5.41, 5.74) is 0. The zero-order chi connectivity index (χ0) is 18.8. The molecule has 0 spiro atoms. The van der Waals surface area contributed by atoms with E-state index in [1.807, 2.05) is 11.8 Å². The molecule has 1 aromatic heterocycles. The number of nitrogens with zero attached hydrogens (tertiary/aromatic N) is 4. The number of amides is 1. The summed E-state index contributed by atoms with van der Waals surface area (Å²) in [6.07, 6.45) is 4.23. The quantitative estimate of drug-likeness (QED) is 0.373. The normalized spacial score (nSPS) is 15.2. The molecule has 1 aliphatic heterocycles. The second-order valence-corrected chi connectivity index (χ2v) is 6.83. The topological polar surface area (TPSA) is 95.7 Å². The molecule has 26 heavy (non-hydrogen) atoms. The van der Waals surface area contributed by atoms with Crippen molar-refractivity contribution in [2.75, 3.05) is 32.7 Å². The molecule has 0 aliphatic carbocycles. The minimum absolute atomic E-state index is 0.278. The number of aryl methyl sites for hydroxylation is 1. The van der Waals surface area contributed by atoms with Gasteiger partial charge in [0.1, 0.15) is 0 Å². The van der Waals surface area contributed by atoms with Crippen LogP contribution in [-0.4, -0.2) is 59.6 Å². The molecule has 2 rings (SSSR count).